The predicted octanol–water partition coefficient (Wildman–Crippen LogP) is 5.93. The third-order valence-electron chi connectivity index (χ3n) is 7.01. The van der Waals surface area contributed by atoms with Gasteiger partial charge in [-0.3, -0.25) is 0 Å². The van der Waals surface area contributed by atoms with Crippen molar-refractivity contribution < 1.29 is 17.9 Å². The number of nitrogens with zero attached hydrogens (tertiary/aromatic N) is 4. The smallest absolute Gasteiger partial charge is 0.266 e. The Labute approximate surface area is 202 Å². The lowest BCUT2D eigenvalue weighted by atomic mass is 10.0. The van der Waals surface area contributed by atoms with E-state index in [9.17, 15) is 13.2 Å². The molecule has 0 spiro atoms. The lowest BCUT2D eigenvalue weighted by Gasteiger charge is -2.21. The van der Waals surface area contributed by atoms with Crippen LogP contribution in [-0.2, 0) is 0 Å². The van der Waals surface area contributed by atoms with E-state index in [1.807, 2.05) is 6.07 Å². The number of pyridine rings is 1. The van der Waals surface area contributed by atoms with E-state index in [0.29, 0.717) is 47.1 Å². The van der Waals surface area contributed by atoms with E-state index in [2.05, 4.69) is 27.2 Å². The maximum Gasteiger partial charge on any atom is 0.266 e. The Morgan fingerprint density at radius 3 is 2.60 bits per heavy atom. The third kappa shape index (κ3) is 4.91. The zero-order chi connectivity index (χ0) is 24.7. The van der Waals surface area contributed by atoms with Crippen molar-refractivity contribution >= 4 is 16.9 Å². The fraction of sp³-hybridized carbons (Fsp3) is 0.500. The van der Waals surface area contributed by atoms with Crippen LogP contribution >= 0.6 is 0 Å². The molecule has 35 heavy (non-hydrogen) atoms. The summed E-state index contributed by atoms with van der Waals surface area (Å²) in [5.41, 5.74) is 1.08. The normalized spacial score (nSPS) is 19.5. The number of hydrogen-bond acceptors (Lipinski definition) is 6. The number of aryl methyl sites for hydroxylation is 1. The molecule has 2 aliphatic rings. The minimum atomic E-state index is -2.88. The van der Waals surface area contributed by atoms with Gasteiger partial charge in [-0.05, 0) is 65.1 Å². The van der Waals surface area contributed by atoms with E-state index in [1.54, 1.807) is 13.8 Å². The molecule has 1 saturated carbocycles. The molecule has 2 fully saturated rings. The second-order valence-corrected chi connectivity index (χ2v) is 9.65. The van der Waals surface area contributed by atoms with Gasteiger partial charge >= 0.3 is 0 Å². The molecule has 2 aromatic heterocycles. The van der Waals surface area contributed by atoms with Gasteiger partial charge in [0.15, 0.2) is 5.65 Å². The second kappa shape index (κ2) is 9.60. The third-order valence-corrected chi connectivity index (χ3v) is 7.01. The quantitative estimate of drug-likeness (QED) is 0.427. The topological polar surface area (TPSA) is 63.2 Å². The van der Waals surface area contributed by atoms with Crippen molar-refractivity contribution in [2.45, 2.75) is 64.0 Å². The Balaban J connectivity index is 1.47. The molecule has 1 N–H and O–H groups in total. The average molecular weight is 486 g/mol. The first-order valence-electron chi connectivity index (χ1n) is 12.2. The zero-order valence-electron chi connectivity index (χ0n) is 20.2. The van der Waals surface area contributed by atoms with Gasteiger partial charge in [0.25, 0.3) is 6.43 Å². The molecule has 1 aromatic carbocycles. The van der Waals surface area contributed by atoms with E-state index in [-0.39, 0.29) is 5.56 Å². The minimum Gasteiger partial charge on any atom is -0.476 e. The average Bonchev–Trinajstić information content (AvgIpc) is 3.58. The van der Waals surface area contributed by atoms with Gasteiger partial charge in [-0.15, -0.1) is 0 Å². The Kier molecular flexibility index (Phi) is 6.53. The van der Waals surface area contributed by atoms with Crippen LogP contribution in [0.4, 0.5) is 19.0 Å². The lowest BCUT2D eigenvalue weighted by Crippen LogP contribution is -2.30. The molecule has 0 amide bonds. The maximum atomic E-state index is 14.8. The summed E-state index contributed by atoms with van der Waals surface area (Å²) < 4.78 is 47.4. The first kappa shape index (κ1) is 23.8. The number of likely N-dealkylation sites (tertiary alicyclic amines) is 1. The summed E-state index contributed by atoms with van der Waals surface area (Å²) in [5.74, 6) is 1.10. The molecular formula is C26H30F3N5O. The second-order valence-electron chi connectivity index (χ2n) is 9.65. The molecule has 1 aliphatic carbocycles. The van der Waals surface area contributed by atoms with Gasteiger partial charge in [-0.2, -0.15) is 4.98 Å². The highest BCUT2D eigenvalue weighted by Crippen LogP contribution is 2.45. The summed E-state index contributed by atoms with van der Waals surface area (Å²) in [6.45, 7) is 5.15. The Morgan fingerprint density at radius 1 is 1.14 bits per heavy atom. The molecule has 5 rings (SSSR count). The van der Waals surface area contributed by atoms with Crippen molar-refractivity contribution in [2.75, 3.05) is 25.5 Å². The van der Waals surface area contributed by atoms with Crippen molar-refractivity contribution in [1.82, 2.24) is 19.9 Å². The molecule has 0 unspecified atom stereocenters. The molecule has 0 radical (unpaired) electrons. The fourth-order valence-electron chi connectivity index (χ4n) is 4.79. The summed E-state index contributed by atoms with van der Waals surface area (Å²) in [6.07, 6.45) is 1.55. The van der Waals surface area contributed by atoms with Crippen LogP contribution in [0.25, 0.3) is 11.0 Å². The van der Waals surface area contributed by atoms with Crippen LogP contribution in [0.5, 0.6) is 5.88 Å². The number of hydrogen-bond donors (Lipinski definition) is 1. The molecule has 186 valence electrons. The predicted molar refractivity (Wildman–Crippen MR) is 129 cm³/mol. The summed E-state index contributed by atoms with van der Waals surface area (Å²) in [7, 11) is 2.12. The number of fused-ring (bicyclic) bond motifs is 1. The monoisotopic (exact) mass is 485 g/mol. The number of benzene rings is 1. The van der Waals surface area contributed by atoms with Gasteiger partial charge in [0.2, 0.25) is 5.88 Å². The van der Waals surface area contributed by atoms with Crippen molar-refractivity contribution in [3.05, 3.63) is 52.6 Å². The Bertz CT molecular complexity index is 1230. The molecule has 6 nitrogen and oxygen atoms in total. The highest BCUT2D eigenvalue weighted by molar-refractivity contribution is 5.88. The van der Waals surface area contributed by atoms with E-state index in [0.717, 1.165) is 37.4 Å². The Hall–Kier alpha value is -2.94. The number of anilines is 1. The summed E-state index contributed by atoms with van der Waals surface area (Å²) in [6, 6.07) is 5.87. The fourth-order valence-corrected chi connectivity index (χ4v) is 4.79. The molecule has 9 heteroatoms. The number of halogens is 3. The summed E-state index contributed by atoms with van der Waals surface area (Å²) in [4.78, 5) is 16.2. The van der Waals surface area contributed by atoms with E-state index in [1.165, 1.54) is 18.6 Å². The lowest BCUT2D eigenvalue weighted by molar-refractivity contribution is 0.146. The van der Waals surface area contributed by atoms with Gasteiger partial charge in [-0.1, -0.05) is 18.2 Å². The number of likely N-dealkylation sites (N-methyl/N-ethyl adjacent to an activating group) is 1. The van der Waals surface area contributed by atoms with Crippen molar-refractivity contribution in [2.24, 2.45) is 0 Å². The SMILES string of the molecule is Cc1nc(N[C@H](C)c2cccc(C(F)F)c2F)c2cc(C3CC3)c(OC[C@H]3CCCN3C)nc2n1. The summed E-state index contributed by atoms with van der Waals surface area (Å²) >= 11 is 0. The van der Waals surface area contributed by atoms with Gasteiger partial charge in [0.1, 0.15) is 24.1 Å². The number of aromatic nitrogens is 3. The maximum absolute atomic E-state index is 14.8. The van der Waals surface area contributed by atoms with Crippen molar-refractivity contribution in [3.63, 3.8) is 0 Å². The molecule has 1 aliphatic heterocycles. The van der Waals surface area contributed by atoms with Crippen LogP contribution in [0.3, 0.4) is 0 Å². The summed E-state index contributed by atoms with van der Waals surface area (Å²) in [5, 5.41) is 3.92. The molecular weight excluding hydrogens is 455 g/mol. The number of rotatable bonds is 8. The number of ether oxygens (including phenoxy) is 1. The number of alkyl halides is 2. The molecule has 0 bridgehead atoms. The van der Waals surface area contributed by atoms with E-state index < -0.39 is 23.8 Å². The van der Waals surface area contributed by atoms with Crippen molar-refractivity contribution in [1.29, 1.82) is 0 Å². The highest BCUT2D eigenvalue weighted by atomic mass is 19.3. The van der Waals surface area contributed by atoms with Crippen LogP contribution in [-0.4, -0.2) is 46.1 Å². The molecule has 1 saturated heterocycles. The van der Waals surface area contributed by atoms with Gasteiger partial charge < -0.3 is 15.0 Å². The van der Waals surface area contributed by atoms with Crippen LogP contribution < -0.4 is 10.1 Å². The van der Waals surface area contributed by atoms with Crippen LogP contribution in [0, 0.1) is 12.7 Å². The Morgan fingerprint density at radius 2 is 1.91 bits per heavy atom. The van der Waals surface area contributed by atoms with Gasteiger partial charge in [-0.25, -0.2) is 23.1 Å². The standard InChI is InChI=1S/C26H30F3N5O/c1-14(18-7-4-8-19(22(18)27)23(28)29)30-24-21-12-20(16-9-10-16)26(33-25(21)32-15(2)31-24)35-13-17-6-5-11-34(17)3/h4,7-8,12,14,16-17,23H,5-6,9-11,13H2,1-3H3,(H,30,31,32,33)/t14-,17-/m1/s1. The van der Waals surface area contributed by atoms with Gasteiger partial charge in [0.05, 0.1) is 17.0 Å². The van der Waals surface area contributed by atoms with Crippen LogP contribution in [0.1, 0.15) is 73.5 Å². The van der Waals surface area contributed by atoms with E-state index in [4.69, 9.17) is 9.72 Å². The first-order chi connectivity index (χ1) is 16.8. The van der Waals surface area contributed by atoms with Crippen LogP contribution in [0.15, 0.2) is 24.3 Å². The minimum absolute atomic E-state index is 0.156. The molecule has 3 heterocycles. The van der Waals surface area contributed by atoms with Crippen molar-refractivity contribution in [3.8, 4) is 5.88 Å². The first-order valence-corrected chi connectivity index (χ1v) is 12.2. The molecule has 3 aromatic rings. The molecule has 2 atom stereocenters. The zero-order valence-corrected chi connectivity index (χ0v) is 20.2. The van der Waals surface area contributed by atoms with E-state index >= 15 is 0 Å². The number of nitrogens with one attached hydrogen (secondary N) is 1. The van der Waals surface area contributed by atoms with Gasteiger partial charge in [0, 0.05) is 17.2 Å². The largest absolute Gasteiger partial charge is 0.476 e. The highest BCUT2D eigenvalue weighted by Gasteiger charge is 2.30. The van der Waals surface area contributed by atoms with Crippen LogP contribution in [0.2, 0.25) is 0 Å².